The molecular weight excluding hydrogens is 393 g/mol. The molecule has 1 fully saturated rings. The Labute approximate surface area is 133 Å². The number of non-ortho nitro benzene ring substituents is 1. The number of carbonyl (C=O) groups is 2. The van der Waals surface area contributed by atoms with Gasteiger partial charge in [0.15, 0.2) is 0 Å². The molecule has 21 heavy (non-hydrogen) atoms. The first kappa shape index (κ1) is 15.5. The maximum Gasteiger partial charge on any atom is 0.305 e. The first-order chi connectivity index (χ1) is 9.90. The van der Waals surface area contributed by atoms with E-state index in [1.807, 2.05) is 22.6 Å². The van der Waals surface area contributed by atoms with Gasteiger partial charge in [-0.3, -0.25) is 19.7 Å². The second-order valence-corrected chi connectivity index (χ2v) is 5.65. The number of carbonyl (C=O) groups excluding carboxylic acids is 1. The van der Waals surface area contributed by atoms with Crippen molar-refractivity contribution < 1.29 is 19.6 Å². The topological polar surface area (TPSA) is 113 Å². The van der Waals surface area contributed by atoms with Crippen LogP contribution in [0.4, 0.5) is 11.4 Å². The number of nitro benzene ring substituents is 1. The van der Waals surface area contributed by atoms with Crippen LogP contribution < -0.4 is 10.2 Å². The van der Waals surface area contributed by atoms with E-state index in [1.165, 1.54) is 12.1 Å². The highest BCUT2D eigenvalue weighted by Gasteiger charge is 2.32. The highest BCUT2D eigenvalue weighted by molar-refractivity contribution is 14.1. The summed E-state index contributed by atoms with van der Waals surface area (Å²) in [6.07, 6.45) is -0.321. The number of hydrogen-bond acceptors (Lipinski definition) is 5. The molecule has 8 nitrogen and oxygen atoms in total. The van der Waals surface area contributed by atoms with E-state index >= 15 is 0 Å². The number of nitrogens with one attached hydrogen (secondary N) is 1. The van der Waals surface area contributed by atoms with Gasteiger partial charge in [-0.05, 0) is 28.7 Å². The zero-order chi connectivity index (χ0) is 15.6. The van der Waals surface area contributed by atoms with Crippen LogP contribution in [0.2, 0.25) is 0 Å². The van der Waals surface area contributed by atoms with Gasteiger partial charge in [-0.25, -0.2) is 0 Å². The molecule has 0 bridgehead atoms. The molecule has 2 rings (SSSR count). The van der Waals surface area contributed by atoms with Crippen molar-refractivity contribution in [2.24, 2.45) is 0 Å². The van der Waals surface area contributed by atoms with Gasteiger partial charge < -0.3 is 15.3 Å². The Kier molecular flexibility index (Phi) is 4.60. The predicted octanol–water partition coefficient (Wildman–Crippen LogP) is 0.979. The van der Waals surface area contributed by atoms with Crippen molar-refractivity contribution in [2.45, 2.75) is 12.5 Å². The third-order valence-corrected chi connectivity index (χ3v) is 4.01. The van der Waals surface area contributed by atoms with E-state index in [2.05, 4.69) is 5.32 Å². The van der Waals surface area contributed by atoms with Crippen molar-refractivity contribution in [3.63, 3.8) is 0 Å². The summed E-state index contributed by atoms with van der Waals surface area (Å²) in [6, 6.07) is 3.49. The molecule has 0 saturated carbocycles. The second-order valence-electron chi connectivity index (χ2n) is 4.49. The number of carboxylic acids is 1. The molecule has 2 N–H and O–H groups in total. The molecular formula is C12H12IN3O5. The molecule has 112 valence electrons. The van der Waals surface area contributed by atoms with Gasteiger partial charge >= 0.3 is 5.97 Å². The number of nitrogens with zero attached hydrogens (tertiary/aromatic N) is 2. The molecule has 1 aliphatic heterocycles. The number of aliphatic carboxylic acids is 1. The summed E-state index contributed by atoms with van der Waals surface area (Å²) in [4.78, 5) is 34.7. The molecule has 1 atom stereocenters. The largest absolute Gasteiger partial charge is 0.481 e. The number of hydrogen-bond donors (Lipinski definition) is 2. The minimum Gasteiger partial charge on any atom is -0.481 e. The molecule has 0 aromatic heterocycles. The van der Waals surface area contributed by atoms with Gasteiger partial charge in [-0.1, -0.05) is 0 Å². The Morgan fingerprint density at radius 1 is 1.57 bits per heavy atom. The average molecular weight is 405 g/mol. The average Bonchev–Trinajstić information content (AvgIpc) is 2.41. The standard InChI is InChI=1S/C12H12IN3O5/c13-8-5-7(16(20)21)1-2-9(8)15-4-3-14-12(19)10(15)6-11(17)18/h1-2,5,10H,3-4,6H2,(H,14,19)(H,17,18). The fourth-order valence-corrected chi connectivity index (χ4v) is 3.02. The molecule has 0 radical (unpaired) electrons. The van der Waals surface area contributed by atoms with Crippen LogP contribution in [0.3, 0.4) is 0 Å². The number of nitro groups is 1. The van der Waals surface area contributed by atoms with Crippen LogP contribution in [0.15, 0.2) is 18.2 Å². The van der Waals surface area contributed by atoms with E-state index in [0.29, 0.717) is 22.3 Å². The van der Waals surface area contributed by atoms with Crippen LogP contribution >= 0.6 is 22.6 Å². The molecule has 0 spiro atoms. The van der Waals surface area contributed by atoms with Gasteiger partial charge in [0.05, 0.1) is 17.0 Å². The van der Waals surface area contributed by atoms with Crippen molar-refractivity contribution in [2.75, 3.05) is 18.0 Å². The number of piperazine rings is 1. The van der Waals surface area contributed by atoms with Crippen molar-refractivity contribution in [3.05, 3.63) is 31.9 Å². The number of carboxylic acid groups (broad SMARTS) is 1. The first-order valence-electron chi connectivity index (χ1n) is 6.10. The van der Waals surface area contributed by atoms with Crippen LogP contribution in [0.5, 0.6) is 0 Å². The molecule has 1 heterocycles. The van der Waals surface area contributed by atoms with Gasteiger partial charge in [0.2, 0.25) is 5.91 Å². The summed E-state index contributed by atoms with van der Waals surface area (Å²) < 4.78 is 0.604. The zero-order valence-electron chi connectivity index (χ0n) is 10.8. The van der Waals surface area contributed by atoms with E-state index in [1.54, 1.807) is 11.0 Å². The normalized spacial score (nSPS) is 18.2. The fraction of sp³-hybridized carbons (Fsp3) is 0.333. The van der Waals surface area contributed by atoms with Crippen molar-refractivity contribution in [1.29, 1.82) is 0 Å². The Bertz CT molecular complexity index is 607. The van der Waals surface area contributed by atoms with E-state index in [0.717, 1.165) is 0 Å². The van der Waals surface area contributed by atoms with Crippen LogP contribution in [0, 0.1) is 13.7 Å². The number of rotatable bonds is 4. The summed E-state index contributed by atoms with van der Waals surface area (Å²) in [5.74, 6) is -1.42. The van der Waals surface area contributed by atoms with Gasteiger partial charge in [-0.2, -0.15) is 0 Å². The number of amides is 1. The summed E-state index contributed by atoms with van der Waals surface area (Å²) >= 11 is 1.95. The van der Waals surface area contributed by atoms with E-state index in [9.17, 15) is 19.7 Å². The quantitative estimate of drug-likeness (QED) is 0.439. The Balaban J connectivity index is 2.35. The molecule has 9 heteroatoms. The lowest BCUT2D eigenvalue weighted by atomic mass is 10.1. The molecule has 1 saturated heterocycles. The van der Waals surface area contributed by atoms with E-state index < -0.39 is 16.9 Å². The highest BCUT2D eigenvalue weighted by atomic mass is 127. The summed E-state index contributed by atoms with van der Waals surface area (Å²) in [5, 5.41) is 22.3. The minimum atomic E-state index is -1.07. The summed E-state index contributed by atoms with van der Waals surface area (Å²) in [7, 11) is 0. The SMILES string of the molecule is O=C(O)CC1C(=O)NCCN1c1ccc([N+](=O)[O-])cc1I. The van der Waals surface area contributed by atoms with Crippen LogP contribution in [0.25, 0.3) is 0 Å². The summed E-state index contributed by atoms with van der Waals surface area (Å²) in [5.41, 5.74) is 0.585. The Morgan fingerprint density at radius 3 is 2.86 bits per heavy atom. The number of benzene rings is 1. The number of anilines is 1. The molecule has 1 aliphatic rings. The zero-order valence-corrected chi connectivity index (χ0v) is 12.9. The van der Waals surface area contributed by atoms with Crippen LogP contribution in [-0.2, 0) is 9.59 Å². The Morgan fingerprint density at radius 2 is 2.29 bits per heavy atom. The van der Waals surface area contributed by atoms with Gasteiger partial charge in [0, 0.05) is 28.8 Å². The lowest BCUT2D eigenvalue weighted by Crippen LogP contribution is -2.56. The predicted molar refractivity (Wildman–Crippen MR) is 82.2 cm³/mol. The van der Waals surface area contributed by atoms with Crippen molar-refractivity contribution in [1.82, 2.24) is 5.32 Å². The van der Waals surface area contributed by atoms with Crippen molar-refractivity contribution >= 4 is 45.8 Å². The Hall–Kier alpha value is -1.91. The monoisotopic (exact) mass is 405 g/mol. The fourth-order valence-electron chi connectivity index (χ4n) is 2.21. The smallest absolute Gasteiger partial charge is 0.305 e. The first-order valence-corrected chi connectivity index (χ1v) is 7.18. The van der Waals surface area contributed by atoms with Gasteiger partial charge in [0.1, 0.15) is 6.04 Å². The van der Waals surface area contributed by atoms with E-state index in [4.69, 9.17) is 5.11 Å². The third kappa shape index (κ3) is 3.40. The molecule has 1 amide bonds. The van der Waals surface area contributed by atoms with Gasteiger partial charge in [-0.15, -0.1) is 0 Å². The lowest BCUT2D eigenvalue weighted by molar-refractivity contribution is -0.384. The maximum atomic E-state index is 11.9. The third-order valence-electron chi connectivity index (χ3n) is 3.15. The molecule has 1 aromatic rings. The highest BCUT2D eigenvalue weighted by Crippen LogP contribution is 2.29. The molecule has 1 unspecified atom stereocenters. The number of halogens is 1. The molecule has 1 aromatic carbocycles. The summed E-state index contributed by atoms with van der Waals surface area (Å²) in [6.45, 7) is 0.861. The maximum absolute atomic E-state index is 11.9. The van der Waals surface area contributed by atoms with Crippen LogP contribution in [-0.4, -0.2) is 41.0 Å². The minimum absolute atomic E-state index is 0.0422. The van der Waals surface area contributed by atoms with E-state index in [-0.39, 0.29) is 18.0 Å². The lowest BCUT2D eigenvalue weighted by Gasteiger charge is -2.36. The van der Waals surface area contributed by atoms with Crippen LogP contribution in [0.1, 0.15) is 6.42 Å². The second kappa shape index (κ2) is 6.24. The van der Waals surface area contributed by atoms with Gasteiger partial charge in [0.25, 0.3) is 5.69 Å². The van der Waals surface area contributed by atoms with Crippen molar-refractivity contribution in [3.8, 4) is 0 Å². The molecule has 0 aliphatic carbocycles.